The zero-order chi connectivity index (χ0) is 11.9. The third kappa shape index (κ3) is 2.09. The van der Waals surface area contributed by atoms with Crippen molar-refractivity contribution in [2.24, 2.45) is 10.7 Å². The van der Waals surface area contributed by atoms with Crippen LogP contribution in [0.3, 0.4) is 0 Å². The number of sulfonamides is 1. The van der Waals surface area contributed by atoms with Gasteiger partial charge in [-0.15, -0.1) is 11.3 Å². The van der Waals surface area contributed by atoms with Crippen LogP contribution in [0.25, 0.3) is 0 Å². The maximum absolute atomic E-state index is 11.7. The minimum atomic E-state index is -3.33. The van der Waals surface area contributed by atoms with Gasteiger partial charge in [-0.25, -0.2) is 17.7 Å². The number of aliphatic imine (C=N–C) groups is 1. The quantitative estimate of drug-likeness (QED) is 0.842. The summed E-state index contributed by atoms with van der Waals surface area (Å²) in [6.07, 6.45) is 0. The predicted octanol–water partition coefficient (Wildman–Crippen LogP) is 1.14. The molecule has 0 saturated carbocycles. The van der Waals surface area contributed by atoms with Gasteiger partial charge in [0.2, 0.25) is 16.0 Å². The first-order chi connectivity index (χ1) is 7.40. The number of rotatable bonds is 1. The van der Waals surface area contributed by atoms with Crippen molar-refractivity contribution in [1.29, 1.82) is 0 Å². The minimum absolute atomic E-state index is 0.0306. The van der Waals surface area contributed by atoms with Crippen molar-refractivity contribution in [3.8, 4) is 0 Å². The van der Waals surface area contributed by atoms with E-state index in [9.17, 15) is 8.42 Å². The van der Waals surface area contributed by atoms with Crippen molar-refractivity contribution in [3.05, 3.63) is 20.8 Å². The van der Waals surface area contributed by atoms with E-state index in [4.69, 9.17) is 5.73 Å². The number of halogens is 1. The van der Waals surface area contributed by atoms with Gasteiger partial charge in [0, 0.05) is 21.8 Å². The Hall–Kier alpha value is -0.600. The fourth-order valence-corrected chi connectivity index (χ4v) is 4.18. The summed E-state index contributed by atoms with van der Waals surface area (Å²) in [7, 11) is -1.92. The predicted molar refractivity (Wildman–Crippen MR) is 67.9 cm³/mol. The summed E-state index contributed by atoms with van der Waals surface area (Å²) in [6, 6.07) is 1.48. The van der Waals surface area contributed by atoms with Crippen LogP contribution in [0.1, 0.15) is 10.9 Å². The van der Waals surface area contributed by atoms with Gasteiger partial charge in [-0.05, 0) is 22.0 Å². The summed E-state index contributed by atoms with van der Waals surface area (Å²) in [5, 5.41) is 1.89. The van der Waals surface area contributed by atoms with Gasteiger partial charge < -0.3 is 5.73 Å². The molecular weight excluding hydrogens is 314 g/mol. The van der Waals surface area contributed by atoms with E-state index in [1.807, 2.05) is 11.4 Å². The summed E-state index contributed by atoms with van der Waals surface area (Å²) in [4.78, 5) is 5.07. The van der Waals surface area contributed by atoms with E-state index < -0.39 is 16.1 Å². The summed E-state index contributed by atoms with van der Waals surface area (Å²) in [5.41, 5.74) is 5.58. The molecule has 0 spiro atoms. The second-order valence-corrected chi connectivity index (χ2v) is 7.32. The number of nitrogens with zero attached hydrogens (tertiary/aromatic N) is 2. The molecule has 1 aliphatic rings. The number of nitrogens with two attached hydrogens (primary N) is 1. The fourth-order valence-electron chi connectivity index (χ4n) is 1.38. The Kier molecular flexibility index (Phi) is 2.97. The van der Waals surface area contributed by atoms with Gasteiger partial charge in [0.1, 0.15) is 6.04 Å². The maximum Gasteiger partial charge on any atom is 0.239 e. The van der Waals surface area contributed by atoms with Gasteiger partial charge in [0.25, 0.3) is 0 Å². The van der Waals surface area contributed by atoms with Gasteiger partial charge in [0.15, 0.2) is 0 Å². The molecule has 0 aliphatic carbocycles. The second-order valence-electron chi connectivity index (χ2n) is 3.42. The Bertz CT molecular complexity index is 537. The van der Waals surface area contributed by atoms with Gasteiger partial charge in [-0.3, -0.25) is 0 Å². The van der Waals surface area contributed by atoms with Gasteiger partial charge in [-0.1, -0.05) is 0 Å². The molecule has 0 bridgehead atoms. The number of thiophene rings is 1. The smallest absolute Gasteiger partial charge is 0.239 e. The molecule has 8 heteroatoms. The monoisotopic (exact) mass is 323 g/mol. The van der Waals surface area contributed by atoms with Crippen molar-refractivity contribution >= 4 is 43.2 Å². The van der Waals surface area contributed by atoms with Gasteiger partial charge in [0.05, 0.1) is 5.75 Å². The summed E-state index contributed by atoms with van der Waals surface area (Å²) < 4.78 is 25.4. The summed E-state index contributed by atoms with van der Waals surface area (Å²) in [6.45, 7) is 0. The summed E-state index contributed by atoms with van der Waals surface area (Å²) >= 11 is 4.79. The Morgan fingerprint density at radius 3 is 2.88 bits per heavy atom. The van der Waals surface area contributed by atoms with Crippen LogP contribution in [0.5, 0.6) is 0 Å². The van der Waals surface area contributed by atoms with Crippen LogP contribution < -0.4 is 5.73 Å². The largest absolute Gasteiger partial charge is 0.369 e. The molecule has 0 amide bonds. The highest BCUT2D eigenvalue weighted by Crippen LogP contribution is 2.31. The third-order valence-electron chi connectivity index (χ3n) is 2.31. The first kappa shape index (κ1) is 11.9. The molecule has 0 radical (unpaired) electrons. The lowest BCUT2D eigenvalue weighted by Gasteiger charge is -2.26. The van der Waals surface area contributed by atoms with E-state index in [2.05, 4.69) is 20.9 Å². The van der Waals surface area contributed by atoms with Crippen LogP contribution in [-0.4, -0.2) is 31.5 Å². The Balaban J connectivity index is 2.39. The molecule has 2 N–H and O–H groups in total. The lowest BCUT2D eigenvalue weighted by atomic mass is 10.3. The first-order valence-electron chi connectivity index (χ1n) is 4.44. The standard InChI is InChI=1S/C8H10BrN3O2S2/c1-12-8(10)11-6(4-16(12,13)14)7-2-5(9)3-15-7/h2-3,6H,4H2,1H3,(H2,10,11)/t6-/m0/s1. The highest BCUT2D eigenvalue weighted by atomic mass is 79.9. The molecule has 0 aromatic carbocycles. The minimum Gasteiger partial charge on any atom is -0.369 e. The van der Waals surface area contributed by atoms with Crippen molar-refractivity contribution < 1.29 is 8.42 Å². The Morgan fingerprint density at radius 1 is 1.69 bits per heavy atom. The van der Waals surface area contributed by atoms with Crippen LogP contribution in [0.2, 0.25) is 0 Å². The highest BCUT2D eigenvalue weighted by Gasteiger charge is 2.31. The lowest BCUT2D eigenvalue weighted by Crippen LogP contribution is -2.44. The first-order valence-corrected chi connectivity index (χ1v) is 7.72. The molecule has 16 heavy (non-hydrogen) atoms. The topological polar surface area (TPSA) is 75.8 Å². The van der Waals surface area contributed by atoms with Gasteiger partial charge >= 0.3 is 0 Å². The zero-order valence-corrected chi connectivity index (χ0v) is 11.6. The summed E-state index contributed by atoms with van der Waals surface area (Å²) in [5.74, 6) is 0.0118. The molecule has 1 atom stereocenters. The molecular formula is C8H10BrN3O2S2. The lowest BCUT2D eigenvalue weighted by molar-refractivity contribution is 0.532. The molecule has 1 aliphatic heterocycles. The van der Waals surface area contributed by atoms with Crippen molar-refractivity contribution in [1.82, 2.24) is 4.31 Å². The second kappa shape index (κ2) is 4.01. The molecule has 0 saturated heterocycles. The number of hydrogen-bond acceptors (Lipinski definition) is 5. The fraction of sp³-hybridized carbons (Fsp3) is 0.375. The van der Waals surface area contributed by atoms with E-state index in [1.165, 1.54) is 18.4 Å². The van der Waals surface area contributed by atoms with Crippen LogP contribution >= 0.6 is 27.3 Å². The molecule has 1 aromatic rings. The average molecular weight is 324 g/mol. The number of hydrogen-bond donors (Lipinski definition) is 1. The highest BCUT2D eigenvalue weighted by molar-refractivity contribution is 9.10. The van der Waals surface area contributed by atoms with Gasteiger partial charge in [-0.2, -0.15) is 0 Å². The molecule has 2 heterocycles. The third-order valence-corrected chi connectivity index (χ3v) is 5.87. The van der Waals surface area contributed by atoms with Crippen LogP contribution in [0, 0.1) is 0 Å². The maximum atomic E-state index is 11.7. The van der Waals surface area contributed by atoms with Crippen molar-refractivity contribution in [3.63, 3.8) is 0 Å². The van der Waals surface area contributed by atoms with Crippen molar-refractivity contribution in [2.45, 2.75) is 6.04 Å². The molecule has 0 fully saturated rings. The van der Waals surface area contributed by atoms with Crippen molar-refractivity contribution in [2.75, 3.05) is 12.8 Å². The molecule has 5 nitrogen and oxygen atoms in total. The average Bonchev–Trinajstić information content (AvgIpc) is 2.60. The van der Waals surface area contributed by atoms with Crippen LogP contribution in [0.4, 0.5) is 0 Å². The Labute approximate surface area is 106 Å². The molecule has 88 valence electrons. The van der Waals surface area contributed by atoms with Crippen LogP contribution in [0.15, 0.2) is 20.9 Å². The molecule has 0 unspecified atom stereocenters. The zero-order valence-electron chi connectivity index (χ0n) is 8.42. The van der Waals surface area contributed by atoms with E-state index in [1.54, 1.807) is 0 Å². The van der Waals surface area contributed by atoms with Crippen LogP contribution in [-0.2, 0) is 10.0 Å². The SMILES string of the molecule is CN1C(N)=N[C@H](c2cc(Br)cs2)CS1(=O)=O. The normalized spacial score (nSPS) is 24.2. The Morgan fingerprint density at radius 2 is 2.38 bits per heavy atom. The van der Waals surface area contributed by atoms with E-state index in [0.29, 0.717) is 0 Å². The van der Waals surface area contributed by atoms with E-state index in [-0.39, 0.29) is 11.7 Å². The van der Waals surface area contributed by atoms with E-state index >= 15 is 0 Å². The molecule has 2 rings (SSSR count). The van der Waals surface area contributed by atoms with E-state index in [0.717, 1.165) is 13.7 Å². The molecule has 1 aromatic heterocycles. The number of guanidine groups is 1.